The lowest BCUT2D eigenvalue weighted by atomic mass is 9.89. The predicted octanol–water partition coefficient (Wildman–Crippen LogP) is 3.31. The highest BCUT2D eigenvalue weighted by molar-refractivity contribution is 9.10. The lowest BCUT2D eigenvalue weighted by Gasteiger charge is -2.39. The summed E-state index contributed by atoms with van der Waals surface area (Å²) in [5, 5.41) is 3.47. The van der Waals surface area contributed by atoms with Gasteiger partial charge in [0.05, 0.1) is 0 Å². The first-order valence-corrected chi connectivity index (χ1v) is 9.16. The Kier molecular flexibility index (Phi) is 4.29. The Bertz CT molecular complexity index is 540. The van der Waals surface area contributed by atoms with Gasteiger partial charge in [0.1, 0.15) is 0 Å². The molecule has 0 spiro atoms. The average Bonchev–Trinajstić information content (AvgIpc) is 3.20. The maximum atomic E-state index is 5.62. The van der Waals surface area contributed by atoms with Crippen molar-refractivity contribution in [3.05, 3.63) is 22.2 Å². The zero-order chi connectivity index (χ0) is 14.9. The lowest BCUT2D eigenvalue weighted by Crippen LogP contribution is -2.46. The van der Waals surface area contributed by atoms with Gasteiger partial charge in [0.25, 0.3) is 0 Å². The summed E-state index contributed by atoms with van der Waals surface area (Å²) in [5.41, 5.74) is 1.37. The van der Waals surface area contributed by atoms with Gasteiger partial charge in [-0.3, -0.25) is 4.90 Å². The van der Waals surface area contributed by atoms with E-state index in [2.05, 4.69) is 38.3 Å². The van der Waals surface area contributed by atoms with E-state index in [1.807, 2.05) is 0 Å². The van der Waals surface area contributed by atoms with Crippen molar-refractivity contribution in [3.8, 4) is 11.5 Å². The Labute approximate surface area is 140 Å². The minimum Gasteiger partial charge on any atom is -0.454 e. The number of piperazine rings is 1. The highest BCUT2D eigenvalue weighted by Crippen LogP contribution is 2.46. The fourth-order valence-electron chi connectivity index (χ4n) is 4.14. The second-order valence-electron chi connectivity index (χ2n) is 6.50. The third kappa shape index (κ3) is 2.74. The first-order valence-electron chi connectivity index (χ1n) is 8.37. The summed E-state index contributed by atoms with van der Waals surface area (Å²) in [6.07, 6.45) is 5.43. The van der Waals surface area contributed by atoms with Gasteiger partial charge in [-0.05, 0) is 36.5 Å². The number of hydrogen-bond acceptors (Lipinski definition) is 4. The van der Waals surface area contributed by atoms with E-state index in [1.54, 1.807) is 0 Å². The minimum atomic E-state index is 0.340. The minimum absolute atomic E-state index is 0.340. The molecule has 1 aromatic rings. The Hall–Kier alpha value is -0.780. The van der Waals surface area contributed by atoms with Gasteiger partial charge in [0.2, 0.25) is 6.79 Å². The molecule has 120 valence electrons. The Morgan fingerprint density at radius 1 is 1.09 bits per heavy atom. The third-order valence-corrected chi connectivity index (χ3v) is 5.89. The van der Waals surface area contributed by atoms with Crippen LogP contribution in [-0.2, 0) is 0 Å². The van der Waals surface area contributed by atoms with Crippen molar-refractivity contribution in [2.24, 2.45) is 5.92 Å². The SMILES string of the molecule is Brc1cc2c(cc1[C@@H](C1CCCC1)N1CCNCC1)OCO2. The number of nitrogens with zero attached hydrogens (tertiary/aromatic N) is 1. The number of rotatable bonds is 3. The normalized spacial score (nSPS) is 23.9. The largest absolute Gasteiger partial charge is 0.454 e. The molecule has 1 saturated carbocycles. The van der Waals surface area contributed by atoms with Crippen molar-refractivity contribution < 1.29 is 9.47 Å². The number of hydrogen-bond donors (Lipinski definition) is 1. The summed E-state index contributed by atoms with van der Waals surface area (Å²) < 4.78 is 12.3. The average molecular weight is 367 g/mol. The highest BCUT2D eigenvalue weighted by atomic mass is 79.9. The van der Waals surface area contributed by atoms with Crippen LogP contribution in [0.5, 0.6) is 11.5 Å². The summed E-state index contributed by atoms with van der Waals surface area (Å²) in [7, 11) is 0. The van der Waals surface area contributed by atoms with Crippen LogP contribution in [0.4, 0.5) is 0 Å². The van der Waals surface area contributed by atoms with Gasteiger partial charge in [-0.25, -0.2) is 0 Å². The fraction of sp³-hybridized carbons (Fsp3) is 0.647. The van der Waals surface area contributed by atoms with Gasteiger partial charge in [0, 0.05) is 36.7 Å². The molecule has 0 aromatic heterocycles. The second kappa shape index (κ2) is 6.38. The first kappa shape index (κ1) is 14.8. The highest BCUT2D eigenvalue weighted by Gasteiger charge is 2.34. The molecule has 1 aliphatic carbocycles. The molecule has 3 aliphatic rings. The monoisotopic (exact) mass is 366 g/mol. The van der Waals surface area contributed by atoms with Gasteiger partial charge < -0.3 is 14.8 Å². The van der Waals surface area contributed by atoms with Crippen LogP contribution in [0.15, 0.2) is 16.6 Å². The van der Waals surface area contributed by atoms with Crippen LogP contribution in [0, 0.1) is 5.92 Å². The van der Waals surface area contributed by atoms with Crippen molar-refractivity contribution in [1.29, 1.82) is 0 Å². The molecular weight excluding hydrogens is 344 g/mol. The molecule has 1 atom stereocenters. The molecule has 2 aliphatic heterocycles. The molecule has 0 unspecified atom stereocenters. The van der Waals surface area contributed by atoms with Gasteiger partial charge in [-0.15, -0.1) is 0 Å². The summed E-state index contributed by atoms with van der Waals surface area (Å²) in [5.74, 6) is 2.52. The number of halogens is 1. The van der Waals surface area contributed by atoms with E-state index in [9.17, 15) is 0 Å². The van der Waals surface area contributed by atoms with Crippen LogP contribution < -0.4 is 14.8 Å². The molecule has 1 N–H and O–H groups in total. The molecule has 4 rings (SSSR count). The molecule has 0 amide bonds. The van der Waals surface area contributed by atoms with Crippen molar-refractivity contribution in [2.45, 2.75) is 31.7 Å². The van der Waals surface area contributed by atoms with E-state index < -0.39 is 0 Å². The van der Waals surface area contributed by atoms with Gasteiger partial charge in [-0.2, -0.15) is 0 Å². The number of benzene rings is 1. The Balaban J connectivity index is 1.70. The molecule has 2 heterocycles. The topological polar surface area (TPSA) is 33.7 Å². The van der Waals surface area contributed by atoms with Crippen LogP contribution >= 0.6 is 15.9 Å². The number of ether oxygens (including phenoxy) is 2. The molecule has 22 heavy (non-hydrogen) atoms. The van der Waals surface area contributed by atoms with E-state index in [0.29, 0.717) is 12.8 Å². The van der Waals surface area contributed by atoms with E-state index in [-0.39, 0.29) is 0 Å². The number of nitrogens with one attached hydrogen (secondary N) is 1. The van der Waals surface area contributed by atoms with Crippen LogP contribution in [0.25, 0.3) is 0 Å². The third-order valence-electron chi connectivity index (χ3n) is 5.20. The molecule has 2 fully saturated rings. The fourth-order valence-corrected chi connectivity index (χ4v) is 4.70. The van der Waals surface area contributed by atoms with E-state index in [4.69, 9.17) is 9.47 Å². The van der Waals surface area contributed by atoms with Gasteiger partial charge in [0.15, 0.2) is 11.5 Å². The molecule has 5 heteroatoms. The first-order chi connectivity index (χ1) is 10.8. The zero-order valence-electron chi connectivity index (χ0n) is 12.8. The van der Waals surface area contributed by atoms with Gasteiger partial charge in [-0.1, -0.05) is 28.8 Å². The van der Waals surface area contributed by atoms with Crippen LogP contribution in [0.1, 0.15) is 37.3 Å². The van der Waals surface area contributed by atoms with Crippen molar-refractivity contribution in [3.63, 3.8) is 0 Å². The predicted molar refractivity (Wildman–Crippen MR) is 89.4 cm³/mol. The van der Waals surface area contributed by atoms with Crippen LogP contribution in [-0.4, -0.2) is 37.9 Å². The smallest absolute Gasteiger partial charge is 0.231 e. The molecule has 0 radical (unpaired) electrons. The lowest BCUT2D eigenvalue weighted by molar-refractivity contribution is 0.125. The molecule has 0 bridgehead atoms. The Morgan fingerprint density at radius 3 is 2.50 bits per heavy atom. The Morgan fingerprint density at radius 2 is 1.77 bits per heavy atom. The zero-order valence-corrected chi connectivity index (χ0v) is 14.4. The number of fused-ring (bicyclic) bond motifs is 1. The summed E-state index contributed by atoms with van der Waals surface area (Å²) >= 11 is 3.79. The summed E-state index contributed by atoms with van der Waals surface area (Å²) in [6, 6.07) is 4.78. The van der Waals surface area contributed by atoms with E-state index >= 15 is 0 Å². The second-order valence-corrected chi connectivity index (χ2v) is 7.36. The standard InChI is InChI=1S/C17H23BrN2O2/c18-14-10-16-15(21-11-22-16)9-13(14)17(12-3-1-2-4-12)20-7-5-19-6-8-20/h9-10,12,17,19H,1-8,11H2/t17-/m1/s1. The van der Waals surface area contributed by atoms with Crippen molar-refractivity contribution >= 4 is 15.9 Å². The molecule has 1 aromatic carbocycles. The van der Waals surface area contributed by atoms with E-state index in [0.717, 1.165) is 48.1 Å². The van der Waals surface area contributed by atoms with Gasteiger partial charge >= 0.3 is 0 Å². The molecule has 1 saturated heterocycles. The summed E-state index contributed by atoms with van der Waals surface area (Å²) in [6.45, 7) is 4.77. The quantitative estimate of drug-likeness (QED) is 0.889. The maximum Gasteiger partial charge on any atom is 0.231 e. The van der Waals surface area contributed by atoms with Crippen LogP contribution in [0.3, 0.4) is 0 Å². The van der Waals surface area contributed by atoms with E-state index in [1.165, 1.54) is 31.2 Å². The van der Waals surface area contributed by atoms with Crippen molar-refractivity contribution in [1.82, 2.24) is 10.2 Å². The van der Waals surface area contributed by atoms with Crippen molar-refractivity contribution in [2.75, 3.05) is 33.0 Å². The summed E-state index contributed by atoms with van der Waals surface area (Å²) in [4.78, 5) is 2.66. The van der Waals surface area contributed by atoms with Crippen LogP contribution in [0.2, 0.25) is 0 Å². The molecule has 4 nitrogen and oxygen atoms in total. The maximum absolute atomic E-state index is 5.62. The molecular formula is C17H23BrN2O2.